The standard InChI is InChI=1S/C15H24N2O5/c1-2-11-16-12(18)7-5-3-4-6-8-15(21)22-17-13(19)9-10-14(17)20/h2-11H2,1H3,(H,16,18). The molecule has 1 aliphatic rings. The molecule has 0 aromatic heterocycles. The van der Waals surface area contributed by atoms with Gasteiger partial charge in [0.05, 0.1) is 0 Å². The second kappa shape index (κ2) is 9.92. The number of carbonyl (C=O) groups excluding carboxylic acids is 4. The Labute approximate surface area is 130 Å². The minimum Gasteiger partial charge on any atom is -0.356 e. The first-order valence-electron chi connectivity index (χ1n) is 7.88. The molecule has 1 saturated heterocycles. The van der Waals surface area contributed by atoms with E-state index in [1.165, 1.54) is 0 Å². The van der Waals surface area contributed by atoms with Gasteiger partial charge in [0, 0.05) is 32.2 Å². The fourth-order valence-electron chi connectivity index (χ4n) is 2.07. The highest BCUT2D eigenvalue weighted by molar-refractivity contribution is 6.01. The maximum Gasteiger partial charge on any atom is 0.333 e. The Hall–Kier alpha value is -1.92. The zero-order chi connectivity index (χ0) is 16.4. The number of unbranched alkanes of at least 4 members (excludes halogenated alkanes) is 3. The minimum absolute atomic E-state index is 0.0623. The predicted molar refractivity (Wildman–Crippen MR) is 78.2 cm³/mol. The topological polar surface area (TPSA) is 92.8 Å². The molecule has 0 radical (unpaired) electrons. The number of hydrogen-bond acceptors (Lipinski definition) is 5. The van der Waals surface area contributed by atoms with E-state index in [0.29, 0.717) is 24.4 Å². The monoisotopic (exact) mass is 312 g/mol. The molecule has 0 unspecified atom stereocenters. The quantitative estimate of drug-likeness (QED) is 0.487. The molecule has 0 saturated carbocycles. The molecule has 0 atom stereocenters. The third-order valence-corrected chi connectivity index (χ3v) is 3.31. The largest absolute Gasteiger partial charge is 0.356 e. The lowest BCUT2D eigenvalue weighted by atomic mass is 10.1. The number of carbonyl (C=O) groups is 4. The van der Waals surface area contributed by atoms with Gasteiger partial charge in [0.1, 0.15) is 0 Å². The zero-order valence-electron chi connectivity index (χ0n) is 13.1. The number of nitrogens with zero attached hydrogens (tertiary/aromatic N) is 1. The van der Waals surface area contributed by atoms with E-state index in [1.54, 1.807) is 0 Å². The second-order valence-electron chi connectivity index (χ2n) is 5.31. The van der Waals surface area contributed by atoms with Crippen molar-refractivity contribution in [3.8, 4) is 0 Å². The van der Waals surface area contributed by atoms with Crippen LogP contribution in [0.4, 0.5) is 0 Å². The van der Waals surface area contributed by atoms with Crippen molar-refractivity contribution in [1.82, 2.24) is 10.4 Å². The summed E-state index contributed by atoms with van der Waals surface area (Å²) in [5.41, 5.74) is 0. The molecular formula is C15H24N2O5. The Morgan fingerprint density at radius 1 is 1.05 bits per heavy atom. The van der Waals surface area contributed by atoms with Crippen LogP contribution in [0, 0.1) is 0 Å². The van der Waals surface area contributed by atoms with Gasteiger partial charge in [-0.15, -0.1) is 5.06 Å². The molecule has 0 aromatic carbocycles. The van der Waals surface area contributed by atoms with Crippen molar-refractivity contribution in [1.29, 1.82) is 0 Å². The van der Waals surface area contributed by atoms with Crippen molar-refractivity contribution < 1.29 is 24.0 Å². The Kier molecular flexibility index (Phi) is 8.17. The first kappa shape index (κ1) is 18.1. The Bertz CT molecular complexity index is 406. The highest BCUT2D eigenvalue weighted by Crippen LogP contribution is 2.13. The third-order valence-electron chi connectivity index (χ3n) is 3.31. The molecule has 1 fully saturated rings. The Morgan fingerprint density at radius 2 is 1.64 bits per heavy atom. The van der Waals surface area contributed by atoms with Gasteiger partial charge in [0.15, 0.2) is 0 Å². The van der Waals surface area contributed by atoms with Gasteiger partial charge in [-0.05, 0) is 19.3 Å². The van der Waals surface area contributed by atoms with Crippen molar-refractivity contribution in [2.24, 2.45) is 0 Å². The zero-order valence-corrected chi connectivity index (χ0v) is 13.1. The number of imide groups is 1. The van der Waals surface area contributed by atoms with Crippen LogP contribution in [0.2, 0.25) is 0 Å². The van der Waals surface area contributed by atoms with Crippen LogP contribution in [-0.4, -0.2) is 35.3 Å². The van der Waals surface area contributed by atoms with E-state index in [0.717, 1.165) is 25.7 Å². The molecule has 1 heterocycles. The number of nitrogens with one attached hydrogen (secondary N) is 1. The summed E-state index contributed by atoms with van der Waals surface area (Å²) in [6, 6.07) is 0. The van der Waals surface area contributed by atoms with E-state index in [1.807, 2.05) is 6.92 Å². The summed E-state index contributed by atoms with van der Waals surface area (Å²) in [4.78, 5) is 50.1. The Morgan fingerprint density at radius 3 is 2.23 bits per heavy atom. The summed E-state index contributed by atoms with van der Waals surface area (Å²) in [5.74, 6) is -1.43. The molecule has 1 N–H and O–H groups in total. The van der Waals surface area contributed by atoms with Crippen LogP contribution in [0.3, 0.4) is 0 Å². The number of hydroxylamine groups is 2. The summed E-state index contributed by atoms with van der Waals surface area (Å²) in [6.45, 7) is 2.71. The van der Waals surface area contributed by atoms with Crippen LogP contribution in [0.5, 0.6) is 0 Å². The number of rotatable bonds is 10. The summed E-state index contributed by atoms with van der Waals surface area (Å²) in [5, 5.41) is 3.38. The molecule has 0 bridgehead atoms. The van der Waals surface area contributed by atoms with Crippen LogP contribution in [0.1, 0.15) is 64.7 Å². The lowest BCUT2D eigenvalue weighted by Gasteiger charge is -2.12. The highest BCUT2D eigenvalue weighted by Gasteiger charge is 2.32. The van der Waals surface area contributed by atoms with E-state index in [-0.39, 0.29) is 25.2 Å². The smallest absolute Gasteiger partial charge is 0.333 e. The van der Waals surface area contributed by atoms with Gasteiger partial charge in [-0.25, -0.2) is 4.79 Å². The molecule has 1 aliphatic heterocycles. The van der Waals surface area contributed by atoms with Crippen molar-refractivity contribution in [2.75, 3.05) is 6.54 Å². The minimum atomic E-state index is -0.565. The van der Waals surface area contributed by atoms with E-state index < -0.39 is 17.8 Å². The highest BCUT2D eigenvalue weighted by atomic mass is 16.7. The van der Waals surface area contributed by atoms with E-state index in [9.17, 15) is 19.2 Å². The van der Waals surface area contributed by atoms with Crippen molar-refractivity contribution in [3.63, 3.8) is 0 Å². The third kappa shape index (κ3) is 6.69. The molecule has 3 amide bonds. The van der Waals surface area contributed by atoms with Crippen LogP contribution in [0.25, 0.3) is 0 Å². The molecule has 0 aromatic rings. The van der Waals surface area contributed by atoms with Gasteiger partial charge in [-0.3, -0.25) is 14.4 Å². The second-order valence-corrected chi connectivity index (χ2v) is 5.31. The molecular weight excluding hydrogens is 288 g/mol. The molecule has 0 spiro atoms. The molecule has 1 rings (SSSR count). The normalized spacial score (nSPS) is 14.3. The summed E-state index contributed by atoms with van der Waals surface area (Å²) >= 11 is 0. The lowest BCUT2D eigenvalue weighted by molar-refractivity contribution is -0.197. The van der Waals surface area contributed by atoms with Crippen LogP contribution in [0.15, 0.2) is 0 Å². The fraction of sp³-hybridized carbons (Fsp3) is 0.733. The first-order chi connectivity index (χ1) is 10.5. The number of amides is 3. The average Bonchev–Trinajstić information content (AvgIpc) is 2.80. The van der Waals surface area contributed by atoms with Crippen LogP contribution in [-0.2, 0) is 24.0 Å². The average molecular weight is 312 g/mol. The maximum absolute atomic E-state index is 11.5. The van der Waals surface area contributed by atoms with Gasteiger partial charge >= 0.3 is 5.97 Å². The van der Waals surface area contributed by atoms with Crippen LogP contribution >= 0.6 is 0 Å². The summed E-state index contributed by atoms with van der Waals surface area (Å²) in [6.07, 6.45) is 4.86. The van der Waals surface area contributed by atoms with Crippen molar-refractivity contribution in [2.45, 2.75) is 64.7 Å². The first-order valence-corrected chi connectivity index (χ1v) is 7.88. The number of hydrogen-bond donors (Lipinski definition) is 1. The molecule has 0 aliphatic carbocycles. The summed E-state index contributed by atoms with van der Waals surface area (Å²) < 4.78 is 0. The van der Waals surface area contributed by atoms with E-state index in [2.05, 4.69) is 5.32 Å². The van der Waals surface area contributed by atoms with Crippen molar-refractivity contribution >= 4 is 23.7 Å². The fourth-order valence-corrected chi connectivity index (χ4v) is 2.07. The predicted octanol–water partition coefficient (Wildman–Crippen LogP) is 1.46. The van der Waals surface area contributed by atoms with Crippen molar-refractivity contribution in [3.05, 3.63) is 0 Å². The molecule has 124 valence electrons. The van der Waals surface area contributed by atoms with Gasteiger partial charge < -0.3 is 10.2 Å². The van der Waals surface area contributed by atoms with Gasteiger partial charge in [0.2, 0.25) is 5.91 Å². The molecule has 7 nitrogen and oxygen atoms in total. The van der Waals surface area contributed by atoms with E-state index in [4.69, 9.17) is 4.84 Å². The Balaban J connectivity index is 2.02. The van der Waals surface area contributed by atoms with Gasteiger partial charge in [-0.2, -0.15) is 0 Å². The molecule has 7 heteroatoms. The summed E-state index contributed by atoms with van der Waals surface area (Å²) in [7, 11) is 0. The molecule has 22 heavy (non-hydrogen) atoms. The maximum atomic E-state index is 11.5. The van der Waals surface area contributed by atoms with E-state index >= 15 is 0 Å². The van der Waals surface area contributed by atoms with Gasteiger partial charge in [0.25, 0.3) is 11.8 Å². The van der Waals surface area contributed by atoms with Gasteiger partial charge in [-0.1, -0.05) is 19.8 Å². The van der Waals surface area contributed by atoms with Crippen LogP contribution < -0.4 is 5.32 Å². The SMILES string of the molecule is CCCNC(=O)CCCCCCC(=O)ON1C(=O)CCC1=O. The lowest BCUT2D eigenvalue weighted by Crippen LogP contribution is -2.31.